The molecular formula is C29H29F5N4O4S. The van der Waals surface area contributed by atoms with E-state index in [2.05, 4.69) is 11.6 Å². The lowest BCUT2D eigenvalue weighted by Gasteiger charge is -2.44. The molecule has 0 aliphatic carbocycles. The molecule has 6 rings (SSSR count). The maximum Gasteiger partial charge on any atom is 0.417 e. The normalized spacial score (nSPS) is 26.2. The highest BCUT2D eigenvalue weighted by atomic mass is 32.3. The Hall–Kier alpha value is -3.49. The molecule has 0 bridgehead atoms. The lowest BCUT2D eigenvalue weighted by Crippen LogP contribution is -2.58. The van der Waals surface area contributed by atoms with Gasteiger partial charge in [0.1, 0.15) is 18.4 Å². The molecule has 0 N–H and O–H groups in total. The van der Waals surface area contributed by atoms with Gasteiger partial charge in [-0.25, -0.2) is 9.18 Å². The first-order valence-corrected chi connectivity index (χ1v) is 15.3. The Morgan fingerprint density at radius 3 is 2.51 bits per heavy atom. The minimum Gasteiger partial charge on any atom is -0.359 e. The van der Waals surface area contributed by atoms with E-state index < -0.39 is 63.2 Å². The summed E-state index contributed by atoms with van der Waals surface area (Å²) in [6.45, 7) is 6.98. The Morgan fingerprint density at radius 2 is 1.88 bits per heavy atom. The number of rotatable bonds is 5. The summed E-state index contributed by atoms with van der Waals surface area (Å²) in [5.41, 5.74) is -2.35. The maximum atomic E-state index is 17.7. The summed E-state index contributed by atoms with van der Waals surface area (Å²) in [4.78, 5) is 33.2. The second-order valence-electron chi connectivity index (χ2n) is 11.1. The van der Waals surface area contributed by atoms with Crippen LogP contribution in [0.3, 0.4) is 0 Å². The van der Waals surface area contributed by atoms with Gasteiger partial charge in [-0.15, -0.1) is 0 Å². The van der Waals surface area contributed by atoms with Gasteiger partial charge in [-0.05, 0) is 54.1 Å². The Morgan fingerprint density at radius 1 is 1.19 bits per heavy atom. The van der Waals surface area contributed by atoms with Gasteiger partial charge < -0.3 is 19.3 Å². The molecule has 4 unspecified atom stereocenters. The number of amides is 1. The van der Waals surface area contributed by atoms with Crippen LogP contribution in [-0.4, -0.2) is 71.3 Å². The molecule has 1 amide bonds. The Bertz CT molecular complexity index is 1720. The van der Waals surface area contributed by atoms with E-state index in [0.717, 1.165) is 24.3 Å². The van der Waals surface area contributed by atoms with Gasteiger partial charge in [0.25, 0.3) is 0 Å². The number of methoxy groups -OCH3 is 1. The van der Waals surface area contributed by atoms with E-state index in [1.807, 2.05) is 0 Å². The van der Waals surface area contributed by atoms with E-state index in [-0.39, 0.29) is 64.4 Å². The highest BCUT2D eigenvalue weighted by Gasteiger charge is 2.50. The molecule has 230 valence electrons. The van der Waals surface area contributed by atoms with Crippen molar-refractivity contribution in [3.8, 4) is 11.1 Å². The number of benzene rings is 2. The van der Waals surface area contributed by atoms with E-state index in [0.29, 0.717) is 0 Å². The molecule has 8 nitrogen and oxygen atoms in total. The summed E-state index contributed by atoms with van der Waals surface area (Å²) < 4.78 is 88.6. The van der Waals surface area contributed by atoms with Crippen molar-refractivity contribution in [1.29, 1.82) is 0 Å². The first-order chi connectivity index (χ1) is 20.3. The third-order valence-electron chi connectivity index (χ3n) is 8.26. The van der Waals surface area contributed by atoms with Gasteiger partial charge in [-0.3, -0.25) is 9.36 Å². The second kappa shape index (κ2) is 10.3. The van der Waals surface area contributed by atoms with Gasteiger partial charge in [-0.1, -0.05) is 12.6 Å². The molecule has 1 aromatic heterocycles. The van der Waals surface area contributed by atoms with Crippen molar-refractivity contribution in [2.45, 2.75) is 54.5 Å². The Labute approximate surface area is 245 Å². The molecule has 3 aliphatic heterocycles. The Kier molecular flexibility index (Phi) is 7.09. The van der Waals surface area contributed by atoms with Crippen LogP contribution in [0.15, 0.2) is 51.5 Å². The third-order valence-corrected chi connectivity index (χ3v) is 11.2. The van der Waals surface area contributed by atoms with Crippen molar-refractivity contribution in [2.75, 3.05) is 37.6 Å². The van der Waals surface area contributed by atoms with E-state index in [4.69, 9.17) is 9.47 Å². The number of carbonyl (C=O) groups is 1. The van der Waals surface area contributed by atoms with E-state index >= 15 is 3.89 Å². The standard InChI is InChI=1S/C29H29F5N4O4S/c1-5-23(39)38-15(2)10-36(11-16(38)3)27-20-9-21(29(31,32)33)24-19-7-6-17(30)8-22(19)43(34)13-18(42-14-41-4)12-37(28(40)35-27)25(20)26(24)43/h5-9,15-16,18H,1,10-14H2,2-4H3. The zero-order valence-electron chi connectivity index (χ0n) is 23.6. The topological polar surface area (TPSA) is 76.9 Å². The van der Waals surface area contributed by atoms with Crippen LogP contribution in [0.25, 0.3) is 22.0 Å². The van der Waals surface area contributed by atoms with Crippen LogP contribution in [0.1, 0.15) is 19.4 Å². The molecular weight excluding hydrogens is 595 g/mol. The van der Waals surface area contributed by atoms with Crippen molar-refractivity contribution in [2.24, 2.45) is 0 Å². The second-order valence-corrected chi connectivity index (χ2v) is 13.5. The fourth-order valence-corrected chi connectivity index (χ4v) is 9.84. The van der Waals surface area contributed by atoms with Crippen LogP contribution in [0.2, 0.25) is 0 Å². The van der Waals surface area contributed by atoms with Crippen LogP contribution < -0.4 is 10.6 Å². The number of piperazine rings is 1. The summed E-state index contributed by atoms with van der Waals surface area (Å²) >= 11 is 0. The number of hydrogen-bond acceptors (Lipinski definition) is 6. The number of ether oxygens (including phenoxy) is 2. The van der Waals surface area contributed by atoms with Gasteiger partial charge >= 0.3 is 11.9 Å². The number of halogens is 5. The van der Waals surface area contributed by atoms with E-state index in [9.17, 15) is 27.2 Å². The lowest BCUT2D eigenvalue weighted by molar-refractivity contribution is -0.137. The zero-order valence-corrected chi connectivity index (χ0v) is 24.4. The molecule has 0 spiro atoms. The van der Waals surface area contributed by atoms with Gasteiger partial charge in [-0.2, -0.15) is 22.0 Å². The van der Waals surface area contributed by atoms with Gasteiger partial charge in [0, 0.05) is 53.9 Å². The van der Waals surface area contributed by atoms with Crippen LogP contribution in [-0.2, 0) is 27.0 Å². The van der Waals surface area contributed by atoms with Crippen molar-refractivity contribution in [1.82, 2.24) is 14.5 Å². The lowest BCUT2D eigenvalue weighted by atomic mass is 9.96. The van der Waals surface area contributed by atoms with Crippen LogP contribution >= 0.6 is 10.4 Å². The number of aromatic nitrogens is 2. The summed E-state index contributed by atoms with van der Waals surface area (Å²) in [6, 6.07) is 3.23. The first kappa shape index (κ1) is 29.6. The van der Waals surface area contributed by atoms with Crippen molar-refractivity contribution < 1.29 is 35.7 Å². The van der Waals surface area contributed by atoms with Gasteiger partial charge in [0.05, 0.1) is 28.6 Å². The fraction of sp³-hybridized carbons (Fsp3) is 0.414. The number of carbonyl (C=O) groups excluding carboxylic acids is 1. The van der Waals surface area contributed by atoms with Gasteiger partial charge in [0.15, 0.2) is 0 Å². The maximum absolute atomic E-state index is 17.7. The summed E-state index contributed by atoms with van der Waals surface area (Å²) in [6.07, 6.45) is -4.70. The SMILES string of the molecule is C=CC(=O)N1C(C)CN(c2nc(=O)n3c4c5c(c(C(F)(F)F)cc24)-c2ccc(F)cc2S5(F)CC(OCOC)C3)CC1C. The molecule has 43 heavy (non-hydrogen) atoms. The largest absolute Gasteiger partial charge is 0.417 e. The number of fused-ring (bicyclic) bond motifs is 3. The summed E-state index contributed by atoms with van der Waals surface area (Å²) in [5.74, 6) is -1.52. The molecule has 0 saturated carbocycles. The van der Waals surface area contributed by atoms with Crippen molar-refractivity contribution >= 4 is 33.0 Å². The molecule has 3 aromatic rings. The molecule has 2 aromatic carbocycles. The average molecular weight is 625 g/mol. The molecule has 4 atom stereocenters. The van der Waals surface area contributed by atoms with E-state index in [1.165, 1.54) is 17.8 Å². The quantitative estimate of drug-likeness (QED) is 0.219. The zero-order chi connectivity index (χ0) is 31.0. The minimum absolute atomic E-state index is 0.0134. The summed E-state index contributed by atoms with van der Waals surface area (Å²) in [7, 11) is -2.47. The van der Waals surface area contributed by atoms with E-state index in [1.54, 1.807) is 23.6 Å². The molecule has 1 fully saturated rings. The minimum atomic E-state index is -4.91. The van der Waals surface area contributed by atoms with Crippen LogP contribution in [0.5, 0.6) is 0 Å². The first-order valence-electron chi connectivity index (χ1n) is 13.6. The van der Waals surface area contributed by atoms with Crippen molar-refractivity contribution in [3.05, 3.63) is 58.8 Å². The van der Waals surface area contributed by atoms with Crippen molar-refractivity contribution in [3.63, 3.8) is 0 Å². The molecule has 1 saturated heterocycles. The number of hydrogen-bond donors (Lipinski definition) is 0. The molecule has 0 radical (unpaired) electrons. The van der Waals surface area contributed by atoms with Crippen LogP contribution in [0, 0.1) is 5.82 Å². The van der Waals surface area contributed by atoms with Gasteiger partial charge in [0.2, 0.25) is 5.91 Å². The number of alkyl halides is 3. The third kappa shape index (κ3) is 4.52. The predicted molar refractivity (Wildman–Crippen MR) is 151 cm³/mol. The molecule has 3 aliphatic rings. The predicted octanol–water partition coefficient (Wildman–Crippen LogP) is 5.26. The number of anilines is 1. The molecule has 14 heteroatoms. The highest BCUT2D eigenvalue weighted by molar-refractivity contribution is 8.30. The fourth-order valence-electron chi connectivity index (χ4n) is 6.68. The number of nitrogens with zero attached hydrogens (tertiary/aromatic N) is 4. The summed E-state index contributed by atoms with van der Waals surface area (Å²) in [5, 5.41) is -0.0521. The smallest absolute Gasteiger partial charge is 0.359 e. The Balaban J connectivity index is 1.67. The highest BCUT2D eigenvalue weighted by Crippen LogP contribution is 2.76. The molecule has 4 heterocycles. The average Bonchev–Trinajstić information content (AvgIpc) is 3.09. The monoisotopic (exact) mass is 624 g/mol. The van der Waals surface area contributed by atoms with Crippen LogP contribution in [0.4, 0.5) is 27.3 Å².